The molecule has 0 saturated carbocycles. The second-order valence-electron chi connectivity index (χ2n) is 5.85. The molecule has 0 atom stereocenters. The standard InChI is InChI=1S/C17H17ClO2SSi/c1-20-17(19)16-13(9-10-22(2,3)4)11-15(21-16)12-5-7-14(18)8-6-12/h5-8,11H,1-4H3. The Morgan fingerprint density at radius 3 is 2.41 bits per heavy atom. The highest BCUT2D eigenvalue weighted by atomic mass is 35.5. The molecule has 0 fully saturated rings. The van der Waals surface area contributed by atoms with E-state index in [9.17, 15) is 4.79 Å². The van der Waals surface area contributed by atoms with Crippen molar-refractivity contribution < 1.29 is 9.53 Å². The second kappa shape index (κ2) is 6.70. The first-order valence-corrected chi connectivity index (χ1v) is 11.5. The van der Waals surface area contributed by atoms with Crippen LogP contribution in [0.3, 0.4) is 0 Å². The number of benzene rings is 1. The van der Waals surface area contributed by atoms with Crippen LogP contribution in [0.1, 0.15) is 15.2 Å². The molecule has 1 heterocycles. The largest absolute Gasteiger partial charge is 0.465 e. The maximum Gasteiger partial charge on any atom is 0.349 e. The van der Waals surface area contributed by atoms with Gasteiger partial charge in [-0.1, -0.05) is 49.3 Å². The molecule has 0 amide bonds. The number of methoxy groups -OCH3 is 1. The molecule has 5 heteroatoms. The third-order valence-electron chi connectivity index (χ3n) is 2.80. The lowest BCUT2D eigenvalue weighted by atomic mass is 10.1. The number of carbonyl (C=O) groups is 1. The smallest absolute Gasteiger partial charge is 0.349 e. The second-order valence-corrected chi connectivity index (χ2v) is 12.1. The zero-order chi connectivity index (χ0) is 16.3. The van der Waals surface area contributed by atoms with Gasteiger partial charge in [-0.3, -0.25) is 0 Å². The first-order valence-electron chi connectivity index (χ1n) is 6.81. The minimum absolute atomic E-state index is 0.343. The van der Waals surface area contributed by atoms with Gasteiger partial charge in [0.05, 0.1) is 7.11 Å². The Labute approximate surface area is 141 Å². The summed E-state index contributed by atoms with van der Waals surface area (Å²) in [4.78, 5) is 13.5. The summed E-state index contributed by atoms with van der Waals surface area (Å²) in [5, 5.41) is 0.687. The molecule has 2 aromatic rings. The van der Waals surface area contributed by atoms with Crippen LogP contribution in [0.25, 0.3) is 10.4 Å². The van der Waals surface area contributed by atoms with Gasteiger partial charge < -0.3 is 4.74 Å². The van der Waals surface area contributed by atoms with Crippen molar-refractivity contribution in [1.29, 1.82) is 0 Å². The number of ether oxygens (including phenoxy) is 1. The molecule has 0 N–H and O–H groups in total. The van der Waals surface area contributed by atoms with Crippen LogP contribution in [0.4, 0.5) is 0 Å². The Kier molecular flexibility index (Phi) is 5.12. The Hall–Kier alpha value is -1.54. The van der Waals surface area contributed by atoms with Crippen molar-refractivity contribution in [3.05, 3.63) is 45.8 Å². The maximum absolute atomic E-state index is 12.0. The van der Waals surface area contributed by atoms with Gasteiger partial charge in [0, 0.05) is 15.5 Å². The molecule has 1 aromatic carbocycles. The molecular formula is C17H17ClO2SSi. The Morgan fingerprint density at radius 1 is 1.23 bits per heavy atom. The van der Waals surface area contributed by atoms with E-state index < -0.39 is 8.07 Å². The molecule has 0 radical (unpaired) electrons. The molecule has 0 aliphatic carbocycles. The summed E-state index contributed by atoms with van der Waals surface area (Å²) in [6.45, 7) is 6.51. The predicted molar refractivity (Wildman–Crippen MR) is 96.3 cm³/mol. The Morgan fingerprint density at radius 2 is 1.86 bits per heavy atom. The average Bonchev–Trinajstić information content (AvgIpc) is 2.88. The average molecular weight is 349 g/mol. The molecule has 0 aliphatic rings. The number of hydrogen-bond acceptors (Lipinski definition) is 3. The summed E-state index contributed by atoms with van der Waals surface area (Å²) < 4.78 is 4.87. The topological polar surface area (TPSA) is 26.3 Å². The van der Waals surface area contributed by atoms with Gasteiger partial charge in [-0.25, -0.2) is 4.79 Å². The van der Waals surface area contributed by atoms with E-state index >= 15 is 0 Å². The number of rotatable bonds is 2. The van der Waals surface area contributed by atoms with Crippen LogP contribution in [0.15, 0.2) is 30.3 Å². The number of esters is 1. The van der Waals surface area contributed by atoms with Crippen molar-refractivity contribution in [3.63, 3.8) is 0 Å². The van der Waals surface area contributed by atoms with E-state index in [1.54, 1.807) is 0 Å². The van der Waals surface area contributed by atoms with Gasteiger partial charge in [-0.2, -0.15) is 0 Å². The van der Waals surface area contributed by atoms with Gasteiger partial charge in [-0.15, -0.1) is 16.9 Å². The van der Waals surface area contributed by atoms with Crippen LogP contribution < -0.4 is 0 Å². The molecule has 2 nitrogen and oxygen atoms in total. The normalized spacial score (nSPS) is 10.8. The zero-order valence-electron chi connectivity index (χ0n) is 13.0. The minimum atomic E-state index is -1.51. The Bertz CT molecular complexity index is 746. The predicted octanol–water partition coefficient (Wildman–Crippen LogP) is 5.08. The highest BCUT2D eigenvalue weighted by molar-refractivity contribution is 7.17. The minimum Gasteiger partial charge on any atom is -0.465 e. The number of carbonyl (C=O) groups excluding carboxylic acids is 1. The lowest BCUT2D eigenvalue weighted by Gasteiger charge is -2.03. The van der Waals surface area contributed by atoms with E-state index in [1.807, 2.05) is 30.3 Å². The summed E-state index contributed by atoms with van der Waals surface area (Å²) in [5.41, 5.74) is 5.05. The van der Waals surface area contributed by atoms with Crippen molar-refractivity contribution in [2.24, 2.45) is 0 Å². The van der Waals surface area contributed by atoms with E-state index in [2.05, 4.69) is 31.1 Å². The lowest BCUT2D eigenvalue weighted by molar-refractivity contribution is 0.0606. The fourth-order valence-corrected chi connectivity index (χ4v) is 3.41. The summed E-state index contributed by atoms with van der Waals surface area (Å²) in [7, 11) is -0.123. The lowest BCUT2D eigenvalue weighted by Crippen LogP contribution is -2.16. The third kappa shape index (κ3) is 4.23. The summed E-state index contributed by atoms with van der Waals surface area (Å²) in [5.74, 6) is 2.82. The summed E-state index contributed by atoms with van der Waals surface area (Å²) >= 11 is 7.32. The van der Waals surface area contributed by atoms with Gasteiger partial charge in [0.1, 0.15) is 13.0 Å². The SMILES string of the molecule is COC(=O)c1sc(-c2ccc(Cl)cc2)cc1C#C[Si](C)(C)C. The van der Waals surface area contributed by atoms with E-state index in [0.29, 0.717) is 9.90 Å². The number of hydrogen-bond donors (Lipinski definition) is 0. The highest BCUT2D eigenvalue weighted by Crippen LogP contribution is 2.32. The highest BCUT2D eigenvalue weighted by Gasteiger charge is 2.17. The van der Waals surface area contributed by atoms with Gasteiger partial charge in [0.15, 0.2) is 0 Å². The first kappa shape index (κ1) is 16.8. The van der Waals surface area contributed by atoms with E-state index in [1.165, 1.54) is 18.4 Å². The van der Waals surface area contributed by atoms with Crippen molar-refractivity contribution in [2.45, 2.75) is 19.6 Å². The molecule has 0 bridgehead atoms. The molecule has 0 saturated heterocycles. The quantitative estimate of drug-likeness (QED) is 0.429. The van der Waals surface area contributed by atoms with Crippen LogP contribution in [-0.2, 0) is 4.74 Å². The fourth-order valence-electron chi connectivity index (χ4n) is 1.74. The molecule has 0 aliphatic heterocycles. The molecule has 1 aromatic heterocycles. The van der Waals surface area contributed by atoms with Crippen LogP contribution in [0.2, 0.25) is 24.7 Å². The fraction of sp³-hybridized carbons (Fsp3) is 0.235. The number of thiophene rings is 1. The molecule has 2 rings (SSSR count). The van der Waals surface area contributed by atoms with Gasteiger partial charge in [0.2, 0.25) is 0 Å². The van der Waals surface area contributed by atoms with Gasteiger partial charge in [-0.05, 0) is 23.8 Å². The van der Waals surface area contributed by atoms with Crippen molar-refractivity contribution in [1.82, 2.24) is 0 Å². The van der Waals surface area contributed by atoms with E-state index in [0.717, 1.165) is 16.0 Å². The summed E-state index contributed by atoms with van der Waals surface area (Å²) in [6.07, 6.45) is 0. The maximum atomic E-state index is 12.0. The molecule has 0 unspecified atom stereocenters. The van der Waals surface area contributed by atoms with Gasteiger partial charge in [0.25, 0.3) is 0 Å². The zero-order valence-corrected chi connectivity index (χ0v) is 15.6. The van der Waals surface area contributed by atoms with Crippen LogP contribution in [0.5, 0.6) is 0 Å². The monoisotopic (exact) mass is 348 g/mol. The molecule has 114 valence electrons. The van der Waals surface area contributed by atoms with E-state index in [-0.39, 0.29) is 5.97 Å². The molecule has 22 heavy (non-hydrogen) atoms. The van der Waals surface area contributed by atoms with Crippen molar-refractivity contribution in [3.8, 4) is 21.9 Å². The van der Waals surface area contributed by atoms with Crippen LogP contribution in [0, 0.1) is 11.5 Å². The van der Waals surface area contributed by atoms with Gasteiger partial charge >= 0.3 is 5.97 Å². The third-order valence-corrected chi connectivity index (χ3v) is 5.09. The molecular weight excluding hydrogens is 332 g/mol. The molecule has 0 spiro atoms. The van der Waals surface area contributed by atoms with E-state index in [4.69, 9.17) is 16.3 Å². The Balaban J connectivity index is 2.50. The van der Waals surface area contributed by atoms with Crippen LogP contribution >= 0.6 is 22.9 Å². The van der Waals surface area contributed by atoms with Crippen molar-refractivity contribution >= 4 is 37.0 Å². The van der Waals surface area contributed by atoms with Crippen molar-refractivity contribution in [2.75, 3.05) is 7.11 Å². The first-order chi connectivity index (χ1) is 10.3. The summed E-state index contributed by atoms with van der Waals surface area (Å²) in [6, 6.07) is 9.49. The van der Waals surface area contributed by atoms with Crippen LogP contribution in [-0.4, -0.2) is 21.2 Å². The number of halogens is 1.